The summed E-state index contributed by atoms with van der Waals surface area (Å²) in [6.45, 7) is 1.17. The van der Waals surface area contributed by atoms with Gasteiger partial charge >= 0.3 is 0 Å². The number of rotatable bonds is 10. The molecule has 5 heteroatoms. The van der Waals surface area contributed by atoms with Crippen molar-refractivity contribution in [2.45, 2.75) is 13.2 Å². The third-order valence-corrected chi connectivity index (χ3v) is 3.23. The minimum Gasteiger partial charge on any atom is -0.496 e. The molecule has 0 saturated carbocycles. The molecule has 0 bridgehead atoms. The lowest BCUT2D eigenvalue weighted by atomic mass is 10.2. The zero-order chi connectivity index (χ0) is 16.3. The van der Waals surface area contributed by atoms with Gasteiger partial charge in [0.15, 0.2) is 0 Å². The molecule has 0 amide bonds. The summed E-state index contributed by atoms with van der Waals surface area (Å²) in [5.74, 6) is 1.61. The molecule has 0 radical (unpaired) electrons. The molecule has 5 nitrogen and oxygen atoms in total. The summed E-state index contributed by atoms with van der Waals surface area (Å²) in [7, 11) is 3.28. The van der Waals surface area contributed by atoms with E-state index in [1.165, 1.54) is 0 Å². The largest absolute Gasteiger partial charge is 0.496 e. The maximum Gasteiger partial charge on any atom is 0.150 e. The first kappa shape index (κ1) is 17.3. The van der Waals surface area contributed by atoms with Crippen LogP contribution in [-0.2, 0) is 27.4 Å². The second-order valence-electron chi connectivity index (χ2n) is 4.76. The van der Waals surface area contributed by atoms with Crippen molar-refractivity contribution in [2.24, 2.45) is 0 Å². The van der Waals surface area contributed by atoms with E-state index in [0.29, 0.717) is 13.2 Å². The van der Waals surface area contributed by atoms with Crippen molar-refractivity contribution >= 4 is 0 Å². The van der Waals surface area contributed by atoms with Gasteiger partial charge in [-0.05, 0) is 12.1 Å². The van der Waals surface area contributed by atoms with E-state index < -0.39 is 0 Å². The van der Waals surface area contributed by atoms with E-state index in [4.69, 9.17) is 23.7 Å². The molecule has 0 heterocycles. The second kappa shape index (κ2) is 9.84. The highest BCUT2D eigenvalue weighted by atomic mass is 16.7. The number of methoxy groups -OCH3 is 2. The topological polar surface area (TPSA) is 46.2 Å². The zero-order valence-corrected chi connectivity index (χ0v) is 13.5. The Balaban J connectivity index is 1.61. The molecule has 0 spiro atoms. The van der Waals surface area contributed by atoms with E-state index in [1.807, 2.05) is 48.5 Å². The fraction of sp³-hybridized carbons (Fsp3) is 0.333. The highest BCUT2D eigenvalue weighted by molar-refractivity contribution is 5.33. The van der Waals surface area contributed by atoms with E-state index in [0.717, 1.165) is 22.6 Å². The van der Waals surface area contributed by atoms with Crippen LogP contribution < -0.4 is 9.47 Å². The van der Waals surface area contributed by atoms with E-state index in [1.54, 1.807) is 14.2 Å². The number of benzene rings is 2. The lowest BCUT2D eigenvalue weighted by molar-refractivity contribution is -0.139. The molecular formula is C18H22O5. The lowest BCUT2D eigenvalue weighted by Crippen LogP contribution is -2.06. The summed E-state index contributed by atoms with van der Waals surface area (Å²) >= 11 is 0. The number of hydrogen-bond donors (Lipinski definition) is 0. The summed E-state index contributed by atoms with van der Waals surface area (Å²) < 4.78 is 26.7. The van der Waals surface area contributed by atoms with Crippen molar-refractivity contribution in [1.82, 2.24) is 0 Å². The van der Waals surface area contributed by atoms with Crippen molar-refractivity contribution in [3.8, 4) is 11.5 Å². The molecule has 23 heavy (non-hydrogen) atoms. The summed E-state index contributed by atoms with van der Waals surface area (Å²) in [6, 6.07) is 15.4. The van der Waals surface area contributed by atoms with Gasteiger partial charge in [-0.3, -0.25) is 0 Å². The van der Waals surface area contributed by atoms with Crippen LogP contribution in [0.15, 0.2) is 48.5 Å². The van der Waals surface area contributed by atoms with Crippen molar-refractivity contribution in [2.75, 3.05) is 27.8 Å². The van der Waals surface area contributed by atoms with Gasteiger partial charge in [0, 0.05) is 11.1 Å². The SMILES string of the molecule is COc1ccccc1COCOCOCc1ccccc1OC. The van der Waals surface area contributed by atoms with Gasteiger partial charge in [-0.25, -0.2) is 0 Å². The molecule has 0 atom stereocenters. The van der Waals surface area contributed by atoms with Crippen LogP contribution in [0.2, 0.25) is 0 Å². The molecule has 0 saturated heterocycles. The summed E-state index contributed by atoms with van der Waals surface area (Å²) in [6.07, 6.45) is 0. The van der Waals surface area contributed by atoms with Crippen LogP contribution in [-0.4, -0.2) is 27.8 Å². The average molecular weight is 318 g/mol. The summed E-state index contributed by atoms with van der Waals surface area (Å²) in [5, 5.41) is 0. The molecule has 2 rings (SSSR count). The van der Waals surface area contributed by atoms with E-state index >= 15 is 0 Å². The number of para-hydroxylation sites is 2. The van der Waals surface area contributed by atoms with E-state index in [2.05, 4.69) is 0 Å². The van der Waals surface area contributed by atoms with Crippen molar-refractivity contribution < 1.29 is 23.7 Å². The molecule has 124 valence electrons. The monoisotopic (exact) mass is 318 g/mol. The Kier molecular flexibility index (Phi) is 7.39. The van der Waals surface area contributed by atoms with Crippen molar-refractivity contribution in [3.05, 3.63) is 59.7 Å². The van der Waals surface area contributed by atoms with Crippen LogP contribution >= 0.6 is 0 Å². The van der Waals surface area contributed by atoms with Crippen LogP contribution in [0.1, 0.15) is 11.1 Å². The van der Waals surface area contributed by atoms with Gasteiger partial charge < -0.3 is 23.7 Å². The molecule has 0 aliphatic carbocycles. The lowest BCUT2D eigenvalue weighted by Gasteiger charge is -2.10. The van der Waals surface area contributed by atoms with Crippen LogP contribution in [0, 0.1) is 0 Å². The second-order valence-corrected chi connectivity index (χ2v) is 4.76. The molecule has 0 aromatic heterocycles. The average Bonchev–Trinajstić information content (AvgIpc) is 2.61. The molecule has 0 aliphatic heterocycles. The smallest absolute Gasteiger partial charge is 0.150 e. The zero-order valence-electron chi connectivity index (χ0n) is 13.5. The molecule has 2 aromatic carbocycles. The predicted octanol–water partition coefficient (Wildman–Crippen LogP) is 3.37. The third-order valence-electron chi connectivity index (χ3n) is 3.23. The van der Waals surface area contributed by atoms with Crippen molar-refractivity contribution in [1.29, 1.82) is 0 Å². The Morgan fingerprint density at radius 1 is 0.609 bits per heavy atom. The van der Waals surface area contributed by atoms with Gasteiger partial charge in [0.05, 0.1) is 27.4 Å². The van der Waals surface area contributed by atoms with Gasteiger partial charge in [-0.2, -0.15) is 0 Å². The Morgan fingerprint density at radius 3 is 1.48 bits per heavy atom. The minimum absolute atomic E-state index is 0.157. The van der Waals surface area contributed by atoms with Crippen LogP contribution in [0.3, 0.4) is 0 Å². The van der Waals surface area contributed by atoms with Crippen molar-refractivity contribution in [3.63, 3.8) is 0 Å². The van der Waals surface area contributed by atoms with Gasteiger partial charge in [0.1, 0.15) is 25.1 Å². The van der Waals surface area contributed by atoms with Gasteiger partial charge in [-0.15, -0.1) is 0 Å². The molecule has 0 fully saturated rings. The minimum atomic E-state index is 0.157. The van der Waals surface area contributed by atoms with Crippen LogP contribution in [0.5, 0.6) is 11.5 Å². The predicted molar refractivity (Wildman–Crippen MR) is 86.4 cm³/mol. The van der Waals surface area contributed by atoms with E-state index in [-0.39, 0.29) is 13.6 Å². The first-order valence-electron chi connectivity index (χ1n) is 7.32. The molecule has 0 unspecified atom stereocenters. The van der Waals surface area contributed by atoms with Crippen LogP contribution in [0.4, 0.5) is 0 Å². The first-order valence-corrected chi connectivity index (χ1v) is 7.32. The van der Waals surface area contributed by atoms with Crippen LogP contribution in [0.25, 0.3) is 0 Å². The fourth-order valence-electron chi connectivity index (χ4n) is 2.10. The van der Waals surface area contributed by atoms with Gasteiger partial charge in [0.2, 0.25) is 0 Å². The molecular weight excluding hydrogens is 296 g/mol. The highest BCUT2D eigenvalue weighted by Crippen LogP contribution is 2.19. The summed E-state index contributed by atoms with van der Waals surface area (Å²) in [4.78, 5) is 0. The Bertz CT molecular complexity index is 534. The maximum atomic E-state index is 5.45. The Hall–Kier alpha value is -2.08. The summed E-state index contributed by atoms with van der Waals surface area (Å²) in [5.41, 5.74) is 1.96. The number of hydrogen-bond acceptors (Lipinski definition) is 5. The van der Waals surface area contributed by atoms with E-state index in [9.17, 15) is 0 Å². The first-order chi connectivity index (χ1) is 11.3. The number of ether oxygens (including phenoxy) is 5. The van der Waals surface area contributed by atoms with Gasteiger partial charge in [0.25, 0.3) is 0 Å². The molecule has 0 N–H and O–H groups in total. The third kappa shape index (κ3) is 5.56. The molecule has 2 aromatic rings. The molecule has 0 aliphatic rings. The quantitative estimate of drug-likeness (QED) is 0.496. The Morgan fingerprint density at radius 2 is 1.04 bits per heavy atom. The fourth-order valence-corrected chi connectivity index (χ4v) is 2.10. The highest BCUT2D eigenvalue weighted by Gasteiger charge is 2.02. The standard InChI is InChI=1S/C18H22O5/c1-19-17-9-5-3-7-15(17)11-21-13-23-14-22-12-16-8-4-6-10-18(16)20-2/h3-10H,11-14H2,1-2H3. The normalized spacial score (nSPS) is 10.5. The van der Waals surface area contributed by atoms with Gasteiger partial charge in [-0.1, -0.05) is 36.4 Å². The maximum absolute atomic E-state index is 5.45. The Labute approximate surface area is 136 Å².